The van der Waals surface area contributed by atoms with Crippen LogP contribution in [0.25, 0.3) is 10.8 Å². The van der Waals surface area contributed by atoms with Gasteiger partial charge in [0.15, 0.2) is 5.75 Å². The predicted molar refractivity (Wildman–Crippen MR) is 124 cm³/mol. The van der Waals surface area contributed by atoms with E-state index < -0.39 is 8.17 Å². The van der Waals surface area contributed by atoms with Crippen molar-refractivity contribution in [3.8, 4) is 17.2 Å². The van der Waals surface area contributed by atoms with Crippen molar-refractivity contribution in [2.24, 2.45) is 0 Å². The molecule has 4 aromatic carbocycles. The molecule has 0 heterocycles. The van der Waals surface area contributed by atoms with E-state index in [2.05, 4.69) is 0 Å². The molecule has 0 aromatic heterocycles. The number of aromatic hydroxyl groups is 1. The van der Waals surface area contributed by atoms with Crippen LogP contribution in [0.5, 0.6) is 17.2 Å². The van der Waals surface area contributed by atoms with Gasteiger partial charge >= 0.3 is 8.17 Å². The molecular formula is C25H24O6P+. The third-order valence-corrected chi connectivity index (χ3v) is 6.19. The maximum atomic E-state index is 11.2. The predicted octanol–water partition coefficient (Wildman–Crippen LogP) is 6.04. The molecule has 0 saturated heterocycles. The summed E-state index contributed by atoms with van der Waals surface area (Å²) in [5.74, 6) is 0.370. The number of rotatable bonds is 9. The molecule has 2 N–H and O–H groups in total. The van der Waals surface area contributed by atoms with Crippen LogP contribution in [0.15, 0.2) is 91.0 Å². The summed E-state index contributed by atoms with van der Waals surface area (Å²) in [5, 5.41) is 12.1. The summed E-state index contributed by atoms with van der Waals surface area (Å²) < 4.78 is 22.8. The van der Waals surface area contributed by atoms with Gasteiger partial charge in [0, 0.05) is 16.8 Å². The van der Waals surface area contributed by atoms with E-state index in [1.807, 2.05) is 72.8 Å². The molecule has 0 aliphatic carbocycles. The zero-order valence-electron chi connectivity index (χ0n) is 17.5. The van der Waals surface area contributed by atoms with E-state index in [1.54, 1.807) is 12.1 Å². The normalized spacial score (nSPS) is 11.4. The van der Waals surface area contributed by atoms with Crippen molar-refractivity contribution in [1.82, 2.24) is 0 Å². The number of hydrogen-bond donors (Lipinski definition) is 2. The van der Waals surface area contributed by atoms with Gasteiger partial charge in [-0.25, -0.2) is 0 Å². The highest BCUT2D eigenvalue weighted by Gasteiger charge is 2.47. The molecular weight excluding hydrogens is 427 g/mol. The van der Waals surface area contributed by atoms with Crippen molar-refractivity contribution in [2.45, 2.75) is 13.2 Å². The number of benzene rings is 4. The molecule has 4 rings (SSSR count). The molecule has 6 nitrogen and oxygen atoms in total. The van der Waals surface area contributed by atoms with Crippen molar-refractivity contribution in [3.63, 3.8) is 0 Å². The van der Waals surface area contributed by atoms with Crippen LogP contribution in [-0.2, 0) is 22.3 Å². The van der Waals surface area contributed by atoms with Crippen LogP contribution >= 0.6 is 8.17 Å². The van der Waals surface area contributed by atoms with E-state index in [9.17, 15) is 10.00 Å². The summed E-state index contributed by atoms with van der Waals surface area (Å²) in [6.45, 7) is 0.150. The molecule has 0 saturated carbocycles. The fraction of sp³-hybridized carbons (Fsp3) is 0.120. The lowest BCUT2D eigenvalue weighted by molar-refractivity contribution is 0.109. The van der Waals surface area contributed by atoms with Crippen LogP contribution in [0.1, 0.15) is 11.1 Å². The van der Waals surface area contributed by atoms with Crippen molar-refractivity contribution in [2.75, 3.05) is 7.11 Å². The van der Waals surface area contributed by atoms with Gasteiger partial charge in [-0.3, -0.25) is 4.52 Å². The van der Waals surface area contributed by atoms with E-state index in [-0.39, 0.29) is 24.7 Å². The zero-order chi connectivity index (χ0) is 22.4. The third kappa shape index (κ3) is 5.18. The maximum absolute atomic E-state index is 11.2. The highest BCUT2D eigenvalue weighted by molar-refractivity contribution is 7.55. The lowest BCUT2D eigenvalue weighted by Crippen LogP contribution is -2.10. The van der Waals surface area contributed by atoms with Gasteiger partial charge in [0.25, 0.3) is 0 Å². The molecule has 164 valence electrons. The van der Waals surface area contributed by atoms with Crippen LogP contribution < -0.4 is 9.26 Å². The quantitative estimate of drug-likeness (QED) is 0.302. The van der Waals surface area contributed by atoms with Crippen LogP contribution in [0.4, 0.5) is 0 Å². The summed E-state index contributed by atoms with van der Waals surface area (Å²) in [7, 11) is -2.34. The summed E-state index contributed by atoms with van der Waals surface area (Å²) in [5.41, 5.74) is 1.69. The lowest BCUT2D eigenvalue weighted by atomic mass is 10.1. The third-order valence-electron chi connectivity index (χ3n) is 4.85. The van der Waals surface area contributed by atoms with Crippen molar-refractivity contribution < 1.29 is 28.3 Å². The second-order valence-electron chi connectivity index (χ2n) is 7.05. The van der Waals surface area contributed by atoms with Gasteiger partial charge in [0.2, 0.25) is 5.75 Å². The molecule has 0 atom stereocenters. The molecule has 32 heavy (non-hydrogen) atoms. The second kappa shape index (κ2) is 9.98. The number of ether oxygens (including phenoxy) is 1. The van der Waals surface area contributed by atoms with Crippen molar-refractivity contribution in [1.29, 1.82) is 0 Å². The first kappa shape index (κ1) is 22.1. The van der Waals surface area contributed by atoms with E-state index in [0.29, 0.717) is 11.1 Å². The van der Waals surface area contributed by atoms with E-state index in [0.717, 1.165) is 16.5 Å². The van der Waals surface area contributed by atoms with Crippen molar-refractivity contribution >= 4 is 18.9 Å². The van der Waals surface area contributed by atoms with Crippen LogP contribution in [0, 0.1) is 0 Å². The zero-order valence-corrected chi connectivity index (χ0v) is 18.4. The second-order valence-corrected chi connectivity index (χ2v) is 8.69. The maximum Gasteiger partial charge on any atom is 0.619 e. The smallest absolute Gasteiger partial charge is 0.504 e. The first-order valence-corrected chi connectivity index (χ1v) is 11.5. The largest absolute Gasteiger partial charge is 0.619 e. The molecule has 0 aliphatic heterocycles. The first-order valence-electron chi connectivity index (χ1n) is 10.0. The molecule has 0 radical (unpaired) electrons. The topological polar surface area (TPSA) is 77.4 Å². The van der Waals surface area contributed by atoms with E-state index in [1.165, 1.54) is 13.2 Å². The minimum atomic E-state index is -3.87. The number of phenols is 1. The Hall–Kier alpha value is -3.15. The lowest BCUT2D eigenvalue weighted by Gasteiger charge is -2.17. The average Bonchev–Trinajstić information content (AvgIpc) is 2.85. The summed E-state index contributed by atoms with van der Waals surface area (Å²) in [6.07, 6.45) is 0. The Kier molecular flexibility index (Phi) is 6.88. The Morgan fingerprint density at radius 2 is 1.19 bits per heavy atom. The SMILES string of the molecule is COc1cc(O[P+](O)(OCc2ccccc2)OCc2ccccc2)c(O)c2ccccc12. The monoisotopic (exact) mass is 451 g/mol. The number of fused-ring (bicyclic) bond motifs is 1. The van der Waals surface area contributed by atoms with Gasteiger partial charge in [0.05, 0.1) is 7.11 Å². The summed E-state index contributed by atoms with van der Waals surface area (Å²) >= 11 is 0. The van der Waals surface area contributed by atoms with Gasteiger partial charge < -0.3 is 9.84 Å². The minimum absolute atomic E-state index is 0.0116. The van der Waals surface area contributed by atoms with E-state index in [4.69, 9.17) is 18.3 Å². The molecule has 0 bridgehead atoms. The molecule has 7 heteroatoms. The fourth-order valence-electron chi connectivity index (χ4n) is 3.22. The summed E-state index contributed by atoms with van der Waals surface area (Å²) in [4.78, 5) is 11.2. The van der Waals surface area contributed by atoms with Gasteiger partial charge in [-0.15, -0.1) is 9.05 Å². The summed E-state index contributed by atoms with van der Waals surface area (Å²) in [6, 6.07) is 27.5. The highest BCUT2D eigenvalue weighted by atomic mass is 31.2. The van der Waals surface area contributed by atoms with Gasteiger partial charge in [-0.2, -0.15) is 4.89 Å². The Bertz CT molecular complexity index is 1120. The van der Waals surface area contributed by atoms with Crippen LogP contribution in [-0.4, -0.2) is 17.1 Å². The van der Waals surface area contributed by atoms with Crippen LogP contribution in [0.2, 0.25) is 0 Å². The Morgan fingerprint density at radius 3 is 1.72 bits per heavy atom. The van der Waals surface area contributed by atoms with Gasteiger partial charge in [-0.05, 0) is 11.1 Å². The minimum Gasteiger partial charge on any atom is -0.504 e. The highest BCUT2D eigenvalue weighted by Crippen LogP contribution is 2.61. The molecule has 4 aromatic rings. The number of phenolic OH excluding ortho intramolecular Hbond substituents is 1. The molecule has 0 fully saturated rings. The van der Waals surface area contributed by atoms with E-state index >= 15 is 0 Å². The standard InChI is InChI=1S/C25H23O6P/c1-28-23-16-24(25(26)22-15-9-8-14-21(22)23)31-32(27,29-17-19-10-4-2-5-11-19)30-18-20-12-6-3-7-13-20/h2-16,27H,17-18H2,1H3/p+1. The van der Waals surface area contributed by atoms with Crippen molar-refractivity contribution in [3.05, 3.63) is 102 Å². The van der Waals surface area contributed by atoms with Crippen LogP contribution in [0.3, 0.4) is 0 Å². The van der Waals surface area contributed by atoms with Gasteiger partial charge in [-0.1, -0.05) is 84.9 Å². The average molecular weight is 451 g/mol. The number of hydrogen-bond acceptors (Lipinski definition) is 6. The Morgan fingerprint density at radius 1 is 0.688 bits per heavy atom. The molecule has 0 spiro atoms. The first-order chi connectivity index (χ1) is 15.6. The molecule has 0 unspecified atom stereocenters. The molecule has 0 amide bonds. The fourth-order valence-corrected chi connectivity index (χ4v) is 4.41. The molecule has 0 aliphatic rings. The van der Waals surface area contributed by atoms with Gasteiger partial charge in [0.1, 0.15) is 19.0 Å². The Labute approximate surface area is 187 Å². The number of methoxy groups -OCH3 is 1. The Balaban J connectivity index is 1.63.